The van der Waals surface area contributed by atoms with Crippen LogP contribution < -0.4 is 10.6 Å². The number of nitrogens with zero attached hydrogens (tertiary/aromatic N) is 1. The molecule has 2 saturated carbocycles. The largest absolute Gasteiger partial charge is 0.507 e. The fourth-order valence-electron chi connectivity index (χ4n) is 7.44. The SMILES string of the molecule is CCc1cc(-c2ccc(N(C)C)cc2)c2c(c1O)C(=O)C1C(=O)[C@]3(O)C(=O)C(C(N)=O)C(=O)[C@@H](C(C)C)[C@@H]3C[C@@H]1C2. The molecular formula is C32H36N2O7. The molecule has 6 atom stereocenters. The summed E-state index contributed by atoms with van der Waals surface area (Å²) in [7, 11) is 3.87. The zero-order valence-corrected chi connectivity index (χ0v) is 23.9. The third-order valence-electron chi connectivity index (χ3n) is 9.47. The molecule has 3 aliphatic rings. The molecule has 3 aliphatic carbocycles. The molecule has 216 valence electrons. The molecule has 41 heavy (non-hydrogen) atoms. The number of Topliss-reactive ketones (excluding diaryl/α,β-unsaturated/α-hetero) is 4. The number of nitrogens with two attached hydrogens (primary N) is 1. The second-order valence-electron chi connectivity index (χ2n) is 12.2. The van der Waals surface area contributed by atoms with E-state index >= 15 is 0 Å². The zero-order valence-electron chi connectivity index (χ0n) is 23.9. The van der Waals surface area contributed by atoms with Crippen molar-refractivity contribution in [1.82, 2.24) is 0 Å². The standard InChI is InChI=1S/C32H36N2O7/c1-6-15-11-19(16-7-9-18(10-8-16)34(4)5)20-12-17-13-21-22(14(2)3)27(36)25(31(33)40)30(39)32(21,41)29(38)23(17)28(37)24(20)26(15)35/h7-11,14,17,21-23,25,35,41H,6,12-13H2,1-5H3,(H2,33,40)/t17-,21-,22-,23?,25?,32-/m0/s1. The predicted molar refractivity (Wildman–Crippen MR) is 151 cm³/mol. The first kappa shape index (κ1) is 28.7. The Morgan fingerprint density at radius 3 is 2.27 bits per heavy atom. The predicted octanol–water partition coefficient (Wildman–Crippen LogP) is 2.50. The van der Waals surface area contributed by atoms with Crippen LogP contribution in [0.3, 0.4) is 0 Å². The molecule has 2 aromatic rings. The Kier molecular flexibility index (Phi) is 6.93. The van der Waals surface area contributed by atoms with E-state index in [0.29, 0.717) is 17.5 Å². The van der Waals surface area contributed by atoms with Crippen LogP contribution in [0.5, 0.6) is 5.75 Å². The van der Waals surface area contributed by atoms with Gasteiger partial charge in [0.15, 0.2) is 34.7 Å². The van der Waals surface area contributed by atoms with Gasteiger partial charge in [-0.15, -0.1) is 0 Å². The molecule has 0 bridgehead atoms. The fourth-order valence-corrected chi connectivity index (χ4v) is 7.44. The molecule has 4 N–H and O–H groups in total. The molecule has 0 saturated heterocycles. The number of fused-ring (bicyclic) bond motifs is 3. The van der Waals surface area contributed by atoms with E-state index in [0.717, 1.165) is 16.8 Å². The highest BCUT2D eigenvalue weighted by Gasteiger charge is 2.69. The summed E-state index contributed by atoms with van der Waals surface area (Å²) in [5.74, 6) is -11.4. The quantitative estimate of drug-likeness (QED) is 0.471. The number of hydrogen-bond acceptors (Lipinski definition) is 8. The number of aromatic hydroxyl groups is 1. The second-order valence-corrected chi connectivity index (χ2v) is 12.2. The van der Waals surface area contributed by atoms with Crippen molar-refractivity contribution in [3.8, 4) is 16.9 Å². The third-order valence-corrected chi connectivity index (χ3v) is 9.47. The molecule has 9 nitrogen and oxygen atoms in total. The normalized spacial score (nSPS) is 29.2. The van der Waals surface area contributed by atoms with E-state index in [2.05, 4.69) is 0 Å². The van der Waals surface area contributed by atoms with Gasteiger partial charge in [0.25, 0.3) is 0 Å². The average Bonchev–Trinajstić information content (AvgIpc) is 2.90. The van der Waals surface area contributed by atoms with Gasteiger partial charge in [0.2, 0.25) is 5.91 Å². The number of phenolic OH excluding ortho intramolecular Hbond substituents is 1. The highest BCUT2D eigenvalue weighted by atomic mass is 16.3. The summed E-state index contributed by atoms with van der Waals surface area (Å²) in [6, 6.07) is 9.68. The Morgan fingerprint density at radius 1 is 1.10 bits per heavy atom. The van der Waals surface area contributed by atoms with Crippen LogP contribution in [0.2, 0.25) is 0 Å². The van der Waals surface area contributed by atoms with Crippen molar-refractivity contribution < 1.29 is 34.2 Å². The summed E-state index contributed by atoms with van der Waals surface area (Å²) in [4.78, 5) is 69.1. The molecule has 2 fully saturated rings. The van der Waals surface area contributed by atoms with Crippen LogP contribution in [0.15, 0.2) is 30.3 Å². The van der Waals surface area contributed by atoms with Crippen molar-refractivity contribution in [2.24, 2.45) is 41.2 Å². The van der Waals surface area contributed by atoms with E-state index in [-0.39, 0.29) is 24.2 Å². The van der Waals surface area contributed by atoms with E-state index in [9.17, 15) is 34.2 Å². The summed E-state index contributed by atoms with van der Waals surface area (Å²) in [6.45, 7) is 5.31. The number of phenols is 1. The lowest BCUT2D eigenvalue weighted by Gasteiger charge is -2.52. The summed E-state index contributed by atoms with van der Waals surface area (Å²) in [5.41, 5.74) is 6.48. The first-order chi connectivity index (χ1) is 19.2. The van der Waals surface area contributed by atoms with Gasteiger partial charge in [-0.3, -0.25) is 24.0 Å². The molecule has 5 rings (SSSR count). The first-order valence-electron chi connectivity index (χ1n) is 14.1. The van der Waals surface area contributed by atoms with E-state index in [1.54, 1.807) is 13.8 Å². The van der Waals surface area contributed by atoms with Crippen molar-refractivity contribution >= 4 is 34.7 Å². The Labute approximate surface area is 238 Å². The van der Waals surface area contributed by atoms with Crippen molar-refractivity contribution in [2.75, 3.05) is 19.0 Å². The maximum atomic E-state index is 14.1. The Morgan fingerprint density at radius 2 is 1.73 bits per heavy atom. The molecule has 2 unspecified atom stereocenters. The lowest BCUT2D eigenvalue weighted by molar-refractivity contribution is -0.182. The van der Waals surface area contributed by atoms with E-state index < -0.39 is 70.1 Å². The Balaban J connectivity index is 1.68. The lowest BCUT2D eigenvalue weighted by atomic mass is 9.49. The van der Waals surface area contributed by atoms with Gasteiger partial charge < -0.3 is 20.8 Å². The molecule has 0 aromatic heterocycles. The zero-order chi connectivity index (χ0) is 30.1. The van der Waals surface area contributed by atoms with Gasteiger partial charge in [-0.05, 0) is 71.6 Å². The van der Waals surface area contributed by atoms with E-state index in [1.165, 1.54) is 0 Å². The van der Waals surface area contributed by atoms with Crippen LogP contribution in [0.1, 0.15) is 48.7 Å². The topological polar surface area (TPSA) is 155 Å². The monoisotopic (exact) mass is 560 g/mol. The number of benzene rings is 2. The maximum absolute atomic E-state index is 14.1. The van der Waals surface area contributed by atoms with Crippen LogP contribution in [-0.4, -0.2) is 58.9 Å². The Bertz CT molecular complexity index is 1490. The average molecular weight is 561 g/mol. The lowest BCUT2D eigenvalue weighted by Crippen LogP contribution is -2.71. The number of hydrogen-bond donors (Lipinski definition) is 3. The fraction of sp³-hybridized carbons (Fsp3) is 0.469. The third kappa shape index (κ3) is 4.04. The number of aryl methyl sites for hydroxylation is 1. The molecule has 0 aliphatic heterocycles. The van der Waals surface area contributed by atoms with Gasteiger partial charge >= 0.3 is 0 Å². The van der Waals surface area contributed by atoms with Crippen LogP contribution >= 0.6 is 0 Å². The molecule has 0 heterocycles. The molecule has 1 amide bonds. The number of primary amides is 1. The number of anilines is 1. The summed E-state index contributed by atoms with van der Waals surface area (Å²) < 4.78 is 0. The Hall–Kier alpha value is -3.85. The molecule has 0 radical (unpaired) electrons. The molecule has 0 spiro atoms. The van der Waals surface area contributed by atoms with Gasteiger partial charge in [0, 0.05) is 31.6 Å². The van der Waals surface area contributed by atoms with Gasteiger partial charge in [-0.1, -0.05) is 32.9 Å². The summed E-state index contributed by atoms with van der Waals surface area (Å²) in [5, 5.41) is 23.0. The minimum atomic E-state index is -2.69. The highest BCUT2D eigenvalue weighted by Crippen LogP contribution is 2.54. The smallest absolute Gasteiger partial charge is 0.235 e. The van der Waals surface area contributed by atoms with Crippen molar-refractivity contribution in [2.45, 2.75) is 45.6 Å². The van der Waals surface area contributed by atoms with Crippen molar-refractivity contribution in [3.05, 3.63) is 47.0 Å². The van der Waals surface area contributed by atoms with Crippen LogP contribution in [-0.2, 0) is 32.0 Å². The van der Waals surface area contributed by atoms with Crippen LogP contribution in [0.25, 0.3) is 11.1 Å². The maximum Gasteiger partial charge on any atom is 0.235 e. The van der Waals surface area contributed by atoms with Crippen LogP contribution in [0, 0.1) is 35.5 Å². The number of carbonyl (C=O) groups is 5. The number of ketones is 4. The second kappa shape index (κ2) is 9.91. The number of carbonyl (C=O) groups excluding carboxylic acids is 5. The molecule has 9 heteroatoms. The van der Waals surface area contributed by atoms with E-state index in [4.69, 9.17) is 5.73 Å². The molecule has 2 aromatic carbocycles. The van der Waals surface area contributed by atoms with Crippen LogP contribution in [0.4, 0.5) is 5.69 Å². The van der Waals surface area contributed by atoms with Gasteiger partial charge in [0.05, 0.1) is 11.5 Å². The summed E-state index contributed by atoms with van der Waals surface area (Å²) >= 11 is 0. The first-order valence-corrected chi connectivity index (χ1v) is 14.1. The van der Waals surface area contributed by atoms with Gasteiger partial charge in [-0.25, -0.2) is 0 Å². The van der Waals surface area contributed by atoms with E-state index in [1.807, 2.05) is 56.3 Å². The number of amides is 1. The minimum absolute atomic E-state index is 0.0267. The highest BCUT2D eigenvalue weighted by molar-refractivity contribution is 6.32. The van der Waals surface area contributed by atoms with Gasteiger partial charge in [-0.2, -0.15) is 0 Å². The molecular weight excluding hydrogens is 524 g/mol. The minimum Gasteiger partial charge on any atom is -0.507 e. The van der Waals surface area contributed by atoms with Crippen molar-refractivity contribution in [1.29, 1.82) is 0 Å². The van der Waals surface area contributed by atoms with Gasteiger partial charge in [0.1, 0.15) is 5.75 Å². The number of rotatable bonds is 5. The number of aliphatic hydroxyl groups is 1. The summed E-state index contributed by atoms with van der Waals surface area (Å²) in [6.07, 6.45) is 0.720. The van der Waals surface area contributed by atoms with Crippen molar-refractivity contribution in [3.63, 3.8) is 0 Å².